The highest BCUT2D eigenvalue weighted by Gasteiger charge is 2.41. The van der Waals surface area contributed by atoms with E-state index in [2.05, 4.69) is 185 Å². The molecule has 8 aromatic carbocycles. The van der Waals surface area contributed by atoms with E-state index < -0.39 is 0 Å². The number of rotatable bonds is 3. The Balaban J connectivity index is 1.23. The lowest BCUT2D eigenvalue weighted by Gasteiger charge is -2.34. The van der Waals surface area contributed by atoms with Crippen LogP contribution in [0.15, 0.2) is 176 Å². The van der Waals surface area contributed by atoms with Gasteiger partial charge in [0.1, 0.15) is 0 Å². The molecule has 10 aromatic rings. The number of para-hydroxylation sites is 2. The molecule has 4 heterocycles. The van der Waals surface area contributed by atoms with Crippen LogP contribution < -0.4 is 16.4 Å². The average Bonchev–Trinajstić information content (AvgIpc) is 3.72. The smallest absolute Gasteiger partial charge is 0.252 e. The van der Waals surface area contributed by atoms with Crippen molar-refractivity contribution in [2.45, 2.75) is 0 Å². The first-order valence-corrected chi connectivity index (χ1v) is 17.8. The molecule has 2 nitrogen and oxygen atoms in total. The van der Waals surface area contributed by atoms with E-state index in [9.17, 15) is 0 Å². The maximum atomic E-state index is 2.57. The van der Waals surface area contributed by atoms with E-state index in [1.807, 2.05) is 0 Å². The Bertz CT molecular complexity index is 2880. The van der Waals surface area contributed by atoms with Crippen molar-refractivity contribution in [3.05, 3.63) is 176 Å². The van der Waals surface area contributed by atoms with Crippen LogP contribution in [0.5, 0.6) is 0 Å². The molecule has 0 unspecified atom stereocenters. The number of hydrogen-bond donors (Lipinski definition) is 0. The van der Waals surface area contributed by atoms with Crippen molar-refractivity contribution in [1.29, 1.82) is 0 Å². The Kier molecular flexibility index (Phi) is 5.35. The highest BCUT2D eigenvalue weighted by Crippen LogP contribution is 2.42. The number of hydrogen-bond acceptors (Lipinski definition) is 0. The molecule has 0 aliphatic carbocycles. The molecule has 2 aromatic heterocycles. The third-order valence-electron chi connectivity index (χ3n) is 11.5. The second-order valence-electron chi connectivity index (χ2n) is 14.1. The zero-order chi connectivity index (χ0) is 33.2. The minimum Gasteiger partial charge on any atom is -0.310 e. The fraction of sp³-hybridized carbons (Fsp3) is 0. The van der Waals surface area contributed by atoms with Gasteiger partial charge in [-0.15, -0.1) is 0 Å². The van der Waals surface area contributed by atoms with Gasteiger partial charge in [0.25, 0.3) is 6.71 Å². The van der Waals surface area contributed by atoms with E-state index in [4.69, 9.17) is 0 Å². The van der Waals surface area contributed by atoms with Gasteiger partial charge < -0.3 is 9.13 Å². The zero-order valence-electron chi connectivity index (χ0n) is 27.7. The Morgan fingerprint density at radius 2 is 0.745 bits per heavy atom. The van der Waals surface area contributed by atoms with Crippen LogP contribution in [0.1, 0.15) is 0 Å². The second-order valence-corrected chi connectivity index (χ2v) is 14.1. The van der Waals surface area contributed by atoms with Gasteiger partial charge in [0.2, 0.25) is 0 Å². The molecule has 0 spiro atoms. The first-order chi connectivity index (χ1) is 25.3. The predicted molar refractivity (Wildman–Crippen MR) is 216 cm³/mol. The van der Waals surface area contributed by atoms with Gasteiger partial charge in [-0.2, -0.15) is 0 Å². The van der Waals surface area contributed by atoms with Crippen molar-refractivity contribution < 1.29 is 0 Å². The maximum absolute atomic E-state index is 2.57. The quantitative estimate of drug-likeness (QED) is 0.170. The topological polar surface area (TPSA) is 9.86 Å². The van der Waals surface area contributed by atoms with Gasteiger partial charge in [-0.25, -0.2) is 0 Å². The molecule has 0 N–H and O–H groups in total. The van der Waals surface area contributed by atoms with Crippen LogP contribution in [-0.4, -0.2) is 15.8 Å². The maximum Gasteiger partial charge on any atom is 0.252 e. The van der Waals surface area contributed by atoms with Gasteiger partial charge in [0, 0.05) is 44.0 Å². The lowest BCUT2D eigenvalue weighted by atomic mass is 9.34. The van der Waals surface area contributed by atoms with Crippen LogP contribution >= 0.6 is 0 Å². The van der Waals surface area contributed by atoms with Gasteiger partial charge in [-0.3, -0.25) is 0 Å². The van der Waals surface area contributed by atoms with Gasteiger partial charge in [0.05, 0.1) is 11.0 Å². The Labute approximate surface area is 295 Å². The van der Waals surface area contributed by atoms with Crippen LogP contribution in [0.25, 0.3) is 88.4 Å². The predicted octanol–water partition coefficient (Wildman–Crippen LogP) is 10.0. The molecule has 0 saturated heterocycles. The highest BCUT2D eigenvalue weighted by molar-refractivity contribution is 7.00. The van der Waals surface area contributed by atoms with Crippen LogP contribution in [0, 0.1) is 0 Å². The fourth-order valence-electron chi connectivity index (χ4n) is 9.34. The fourth-order valence-corrected chi connectivity index (χ4v) is 9.34. The molecule has 0 bridgehead atoms. The summed E-state index contributed by atoms with van der Waals surface area (Å²) in [7, 11) is 0. The van der Waals surface area contributed by atoms with Crippen LogP contribution in [0.2, 0.25) is 0 Å². The minimum atomic E-state index is 0.114. The molecule has 3 heteroatoms. The minimum absolute atomic E-state index is 0.114. The van der Waals surface area contributed by atoms with E-state index in [1.165, 1.54) is 105 Å². The van der Waals surface area contributed by atoms with Gasteiger partial charge in [0.15, 0.2) is 0 Å². The van der Waals surface area contributed by atoms with Crippen molar-refractivity contribution in [2.75, 3.05) is 0 Å². The van der Waals surface area contributed by atoms with Crippen LogP contribution in [0.3, 0.4) is 0 Å². The van der Waals surface area contributed by atoms with Gasteiger partial charge in [-0.05, 0) is 86.2 Å². The summed E-state index contributed by atoms with van der Waals surface area (Å²) in [5.41, 5.74) is 19.2. The SMILES string of the molecule is c1ccc(-c2cc3c4c(c2)-n2c5ccc(-c6ccccc6)cc5c5cccc(c52)B4c2cccc4c5cc(-c6ccccc6)ccc5n-3c24)cc1. The third-order valence-corrected chi connectivity index (χ3v) is 11.5. The number of aromatic nitrogens is 2. The van der Waals surface area contributed by atoms with E-state index in [0.29, 0.717) is 0 Å². The molecule has 2 aliphatic rings. The molecule has 0 amide bonds. The summed E-state index contributed by atoms with van der Waals surface area (Å²) in [6.07, 6.45) is 0. The summed E-state index contributed by atoms with van der Waals surface area (Å²) in [5.74, 6) is 0. The Hall–Kier alpha value is -6.58. The van der Waals surface area contributed by atoms with Crippen molar-refractivity contribution in [2.24, 2.45) is 0 Å². The van der Waals surface area contributed by atoms with Crippen molar-refractivity contribution >= 4 is 66.7 Å². The number of fused-ring (bicyclic) bond motifs is 10. The average molecular weight is 645 g/mol. The zero-order valence-corrected chi connectivity index (χ0v) is 27.7. The standard InChI is InChI=1S/C48H29BN2/c1-4-12-30(13-5-1)33-22-24-42-38(26-33)36-18-10-20-40-47(36)50(42)44-28-35(32-16-8-3-9-17-32)29-45-46(44)49(40)41-21-11-19-37-39-27-34(31-14-6-2-7-15-31)23-25-43(39)51(45)48(37)41/h1-29H. The van der Waals surface area contributed by atoms with Gasteiger partial charge in [-0.1, -0.05) is 140 Å². The van der Waals surface area contributed by atoms with E-state index in [0.717, 1.165) is 0 Å². The molecular formula is C48H29BN2. The molecular weight excluding hydrogens is 615 g/mol. The summed E-state index contributed by atoms with van der Waals surface area (Å²) in [5, 5.41) is 5.21. The molecule has 0 radical (unpaired) electrons. The van der Waals surface area contributed by atoms with E-state index >= 15 is 0 Å². The number of nitrogens with zero attached hydrogens (tertiary/aromatic N) is 2. The number of benzene rings is 8. The molecule has 234 valence electrons. The van der Waals surface area contributed by atoms with Crippen molar-refractivity contribution in [3.8, 4) is 44.8 Å². The lowest BCUT2D eigenvalue weighted by molar-refractivity contribution is 1.14. The first-order valence-electron chi connectivity index (χ1n) is 17.8. The lowest BCUT2D eigenvalue weighted by Crippen LogP contribution is -2.59. The molecule has 2 aliphatic heterocycles. The normalized spacial score (nSPS) is 12.7. The first kappa shape index (κ1) is 27.3. The van der Waals surface area contributed by atoms with E-state index in [1.54, 1.807) is 0 Å². The van der Waals surface area contributed by atoms with Crippen LogP contribution in [-0.2, 0) is 0 Å². The monoisotopic (exact) mass is 644 g/mol. The highest BCUT2D eigenvalue weighted by atomic mass is 15.0. The molecule has 0 atom stereocenters. The van der Waals surface area contributed by atoms with Crippen LogP contribution in [0.4, 0.5) is 0 Å². The Morgan fingerprint density at radius 3 is 1.20 bits per heavy atom. The third kappa shape index (κ3) is 3.62. The molecule has 51 heavy (non-hydrogen) atoms. The Morgan fingerprint density at radius 1 is 0.314 bits per heavy atom. The molecule has 12 rings (SSSR count). The molecule has 0 saturated carbocycles. The second kappa shape index (κ2) is 10.00. The summed E-state index contributed by atoms with van der Waals surface area (Å²) in [6.45, 7) is 0.114. The molecule has 0 fully saturated rings. The van der Waals surface area contributed by atoms with Gasteiger partial charge >= 0.3 is 0 Å². The van der Waals surface area contributed by atoms with Crippen molar-refractivity contribution in [1.82, 2.24) is 9.13 Å². The summed E-state index contributed by atoms with van der Waals surface area (Å²) >= 11 is 0. The summed E-state index contributed by atoms with van der Waals surface area (Å²) in [4.78, 5) is 0. The van der Waals surface area contributed by atoms with Crippen molar-refractivity contribution in [3.63, 3.8) is 0 Å². The summed E-state index contributed by atoms with van der Waals surface area (Å²) < 4.78 is 5.14. The van der Waals surface area contributed by atoms with E-state index in [-0.39, 0.29) is 6.71 Å². The summed E-state index contributed by atoms with van der Waals surface area (Å²) in [6, 6.07) is 65.3. The largest absolute Gasteiger partial charge is 0.310 e.